The molecule has 3 nitrogen and oxygen atoms in total. The van der Waals surface area contributed by atoms with Crippen LogP contribution in [0.3, 0.4) is 0 Å². The SMILES string of the molecule is O=C(Cc1ccncc1Cl)C1CCCN1. The lowest BCUT2D eigenvalue weighted by Crippen LogP contribution is -2.31. The third-order valence-corrected chi connectivity index (χ3v) is 3.01. The molecule has 4 heteroatoms. The zero-order valence-electron chi connectivity index (χ0n) is 8.37. The molecule has 15 heavy (non-hydrogen) atoms. The molecule has 1 fully saturated rings. The number of halogens is 1. The molecule has 0 spiro atoms. The number of Topliss-reactive ketones (excluding diaryl/α,β-unsaturated/α-hetero) is 1. The summed E-state index contributed by atoms with van der Waals surface area (Å²) in [5, 5.41) is 3.76. The van der Waals surface area contributed by atoms with Crippen LogP contribution in [0.2, 0.25) is 5.02 Å². The summed E-state index contributed by atoms with van der Waals surface area (Å²) in [6.45, 7) is 0.945. The smallest absolute Gasteiger partial charge is 0.154 e. The van der Waals surface area contributed by atoms with Gasteiger partial charge in [0, 0.05) is 18.8 Å². The number of aromatic nitrogens is 1. The summed E-state index contributed by atoms with van der Waals surface area (Å²) < 4.78 is 0. The number of hydrogen-bond acceptors (Lipinski definition) is 3. The van der Waals surface area contributed by atoms with Crippen molar-refractivity contribution < 1.29 is 4.79 Å². The molecule has 2 rings (SSSR count). The topological polar surface area (TPSA) is 42.0 Å². The molecule has 0 aliphatic carbocycles. The zero-order chi connectivity index (χ0) is 10.7. The first-order valence-corrected chi connectivity index (χ1v) is 5.49. The highest BCUT2D eigenvalue weighted by Gasteiger charge is 2.22. The summed E-state index contributed by atoms with van der Waals surface area (Å²) in [5.41, 5.74) is 0.866. The third-order valence-electron chi connectivity index (χ3n) is 2.67. The first-order chi connectivity index (χ1) is 7.27. The second-order valence-electron chi connectivity index (χ2n) is 3.76. The fraction of sp³-hybridized carbons (Fsp3) is 0.455. The van der Waals surface area contributed by atoms with Gasteiger partial charge >= 0.3 is 0 Å². The van der Waals surface area contributed by atoms with E-state index in [0.29, 0.717) is 11.4 Å². The maximum atomic E-state index is 11.8. The van der Waals surface area contributed by atoms with Gasteiger partial charge in [-0.1, -0.05) is 11.6 Å². The third kappa shape index (κ3) is 2.55. The molecule has 2 heterocycles. The highest BCUT2D eigenvalue weighted by atomic mass is 35.5. The second-order valence-corrected chi connectivity index (χ2v) is 4.17. The van der Waals surface area contributed by atoms with E-state index in [1.807, 2.05) is 0 Å². The van der Waals surface area contributed by atoms with E-state index < -0.39 is 0 Å². The van der Waals surface area contributed by atoms with Crippen LogP contribution in [-0.4, -0.2) is 23.4 Å². The number of rotatable bonds is 3. The monoisotopic (exact) mass is 224 g/mol. The van der Waals surface area contributed by atoms with Crippen LogP contribution in [0.4, 0.5) is 0 Å². The van der Waals surface area contributed by atoms with Crippen molar-refractivity contribution in [2.45, 2.75) is 25.3 Å². The minimum Gasteiger partial charge on any atom is -0.307 e. The standard InChI is InChI=1S/C11H13ClN2O/c12-9-7-13-5-3-8(9)6-11(15)10-2-1-4-14-10/h3,5,7,10,14H,1-2,4,6H2. The summed E-state index contributed by atoms with van der Waals surface area (Å²) in [6.07, 6.45) is 5.67. The van der Waals surface area contributed by atoms with Crippen LogP contribution in [-0.2, 0) is 11.2 Å². The lowest BCUT2D eigenvalue weighted by Gasteiger charge is -2.09. The van der Waals surface area contributed by atoms with Crippen molar-refractivity contribution in [3.63, 3.8) is 0 Å². The molecular formula is C11H13ClN2O. The molecule has 1 unspecified atom stereocenters. The Morgan fingerprint density at radius 1 is 1.67 bits per heavy atom. The van der Waals surface area contributed by atoms with Crippen molar-refractivity contribution in [1.29, 1.82) is 0 Å². The summed E-state index contributed by atoms with van der Waals surface area (Å²) in [4.78, 5) is 15.7. The van der Waals surface area contributed by atoms with Crippen LogP contribution in [0.15, 0.2) is 18.5 Å². The van der Waals surface area contributed by atoms with Crippen molar-refractivity contribution in [1.82, 2.24) is 10.3 Å². The first-order valence-electron chi connectivity index (χ1n) is 5.12. The number of carbonyl (C=O) groups excluding carboxylic acids is 1. The maximum absolute atomic E-state index is 11.8. The number of nitrogens with zero attached hydrogens (tertiary/aromatic N) is 1. The molecule has 0 bridgehead atoms. The van der Waals surface area contributed by atoms with E-state index >= 15 is 0 Å². The van der Waals surface area contributed by atoms with Gasteiger partial charge in [0.2, 0.25) is 0 Å². The van der Waals surface area contributed by atoms with Crippen LogP contribution in [0.1, 0.15) is 18.4 Å². The Labute approximate surface area is 93.8 Å². The van der Waals surface area contributed by atoms with Crippen LogP contribution in [0, 0.1) is 0 Å². The Hall–Kier alpha value is -0.930. The molecule has 1 aromatic heterocycles. The fourth-order valence-corrected chi connectivity index (χ4v) is 2.00. The number of nitrogens with one attached hydrogen (secondary N) is 1. The molecule has 0 amide bonds. The van der Waals surface area contributed by atoms with Gasteiger partial charge in [-0.05, 0) is 31.0 Å². The van der Waals surface area contributed by atoms with E-state index in [4.69, 9.17) is 11.6 Å². The fourth-order valence-electron chi connectivity index (χ4n) is 1.82. The summed E-state index contributed by atoms with van der Waals surface area (Å²) in [7, 11) is 0. The second kappa shape index (κ2) is 4.73. The van der Waals surface area contributed by atoms with E-state index in [1.165, 1.54) is 0 Å². The zero-order valence-corrected chi connectivity index (χ0v) is 9.13. The Balaban J connectivity index is 2.02. The molecular weight excluding hydrogens is 212 g/mol. The van der Waals surface area contributed by atoms with Gasteiger partial charge in [-0.3, -0.25) is 9.78 Å². The molecule has 0 saturated carbocycles. The number of carbonyl (C=O) groups is 1. The van der Waals surface area contributed by atoms with Gasteiger partial charge in [0.15, 0.2) is 5.78 Å². The number of ketones is 1. The van der Waals surface area contributed by atoms with Crippen LogP contribution in [0.5, 0.6) is 0 Å². The van der Waals surface area contributed by atoms with Crippen LogP contribution in [0.25, 0.3) is 0 Å². The highest BCUT2D eigenvalue weighted by Crippen LogP contribution is 2.16. The lowest BCUT2D eigenvalue weighted by molar-refractivity contribution is -0.120. The van der Waals surface area contributed by atoms with E-state index in [2.05, 4.69) is 10.3 Å². The molecule has 1 aliphatic heterocycles. The largest absolute Gasteiger partial charge is 0.307 e. The average Bonchev–Trinajstić information content (AvgIpc) is 2.74. The highest BCUT2D eigenvalue weighted by molar-refractivity contribution is 6.31. The van der Waals surface area contributed by atoms with Crippen LogP contribution < -0.4 is 5.32 Å². The predicted molar refractivity (Wildman–Crippen MR) is 59.0 cm³/mol. The summed E-state index contributed by atoms with van der Waals surface area (Å²) in [5.74, 6) is 0.223. The van der Waals surface area contributed by atoms with Gasteiger partial charge in [0.1, 0.15) is 0 Å². The minimum absolute atomic E-state index is 0.0224. The van der Waals surface area contributed by atoms with Crippen molar-refractivity contribution in [3.8, 4) is 0 Å². The summed E-state index contributed by atoms with van der Waals surface area (Å²) in [6, 6.07) is 1.82. The van der Waals surface area contributed by atoms with Gasteiger partial charge < -0.3 is 5.32 Å². The lowest BCUT2D eigenvalue weighted by atomic mass is 10.0. The Morgan fingerprint density at radius 3 is 3.20 bits per heavy atom. The molecule has 0 radical (unpaired) electrons. The Kier molecular flexibility index (Phi) is 3.34. The number of pyridine rings is 1. The molecule has 1 saturated heterocycles. The normalized spacial score (nSPS) is 20.5. The molecule has 1 atom stereocenters. The Morgan fingerprint density at radius 2 is 2.53 bits per heavy atom. The van der Waals surface area contributed by atoms with Gasteiger partial charge in [0.25, 0.3) is 0 Å². The average molecular weight is 225 g/mol. The van der Waals surface area contributed by atoms with Crippen molar-refractivity contribution in [2.24, 2.45) is 0 Å². The number of hydrogen-bond donors (Lipinski definition) is 1. The summed E-state index contributed by atoms with van der Waals surface area (Å²) >= 11 is 5.94. The minimum atomic E-state index is 0.0224. The van der Waals surface area contributed by atoms with E-state index in [1.54, 1.807) is 18.5 Å². The maximum Gasteiger partial charge on any atom is 0.154 e. The van der Waals surface area contributed by atoms with E-state index in [0.717, 1.165) is 24.9 Å². The molecule has 0 aromatic carbocycles. The predicted octanol–water partition coefficient (Wildman–Crippen LogP) is 1.60. The van der Waals surface area contributed by atoms with E-state index in [9.17, 15) is 4.79 Å². The molecule has 1 N–H and O–H groups in total. The van der Waals surface area contributed by atoms with Crippen molar-refractivity contribution in [3.05, 3.63) is 29.0 Å². The molecule has 1 aromatic rings. The molecule has 80 valence electrons. The Bertz CT molecular complexity index is 361. The van der Waals surface area contributed by atoms with Crippen molar-refractivity contribution in [2.75, 3.05) is 6.54 Å². The molecule has 1 aliphatic rings. The van der Waals surface area contributed by atoms with Crippen LogP contribution >= 0.6 is 11.6 Å². The first kappa shape index (κ1) is 10.6. The quantitative estimate of drug-likeness (QED) is 0.848. The van der Waals surface area contributed by atoms with Gasteiger partial charge in [0.05, 0.1) is 11.1 Å². The van der Waals surface area contributed by atoms with Gasteiger partial charge in [-0.25, -0.2) is 0 Å². The van der Waals surface area contributed by atoms with Gasteiger partial charge in [-0.2, -0.15) is 0 Å². The van der Waals surface area contributed by atoms with Crippen molar-refractivity contribution >= 4 is 17.4 Å². The van der Waals surface area contributed by atoms with Gasteiger partial charge in [-0.15, -0.1) is 0 Å². The van der Waals surface area contributed by atoms with E-state index in [-0.39, 0.29) is 11.8 Å².